The lowest BCUT2D eigenvalue weighted by molar-refractivity contribution is -0.106. The summed E-state index contributed by atoms with van der Waals surface area (Å²) in [6, 6.07) is 7.86. The number of carbonyl (C=O) groups is 2. The molecule has 0 spiro atoms. The van der Waals surface area contributed by atoms with E-state index in [1.807, 2.05) is 24.3 Å². The number of hydrogen-bond acceptors (Lipinski definition) is 3. The fraction of sp³-hybridized carbons (Fsp3) is 0.590. The van der Waals surface area contributed by atoms with Crippen molar-refractivity contribution in [2.24, 2.45) is 11.8 Å². The van der Waals surface area contributed by atoms with Gasteiger partial charge < -0.3 is 9.69 Å². The third kappa shape index (κ3) is 26.4. The number of Topliss-reactive ketones (excluding diaryl/α,β-unsaturated/α-hetero) is 1. The molecule has 0 aliphatic heterocycles. The molecule has 0 bridgehead atoms. The molecule has 0 amide bonds. The van der Waals surface area contributed by atoms with Crippen molar-refractivity contribution < 1.29 is 9.59 Å². The Bertz CT molecular complexity index is 901. The van der Waals surface area contributed by atoms with Crippen LogP contribution in [-0.2, 0) is 11.3 Å². The molecule has 0 heterocycles. The maximum Gasteiger partial charge on any atom is 0.159 e. The number of unbranched alkanes of at least 4 members (excludes halogenated alkanes) is 4. The standard InChI is InChI=1S/C14H20.C13H19NO.C7H16.C3H8.C2H4O/c1-10-6-7-12(3)14(5)13(4)9-11(2)8-10;1-4-9-14(3)10-12-5-7-13(8-6-12)11(2)15;1-3-5-7-6-4-2;1-3-2;1-2-3/h6-9,12,14H,2H2,1,3-5H3;5-8H,4,9-10H2,1-3H3;3-7H2,1-2H3;3H2,1-2H3;2H,1H3/b7-6-,10-8-,13-9-;;;;. The molecule has 1 aromatic rings. The zero-order chi connectivity index (χ0) is 32.9. The minimum Gasteiger partial charge on any atom is -0.304 e. The van der Waals surface area contributed by atoms with Crippen LogP contribution in [0, 0.1) is 11.8 Å². The Morgan fingerprint density at radius 1 is 0.905 bits per heavy atom. The summed E-state index contributed by atoms with van der Waals surface area (Å²) in [6.45, 7) is 28.9. The first kappa shape index (κ1) is 43.9. The zero-order valence-corrected chi connectivity index (χ0v) is 29.7. The van der Waals surface area contributed by atoms with Crippen molar-refractivity contribution in [3.8, 4) is 0 Å². The molecule has 0 radical (unpaired) electrons. The molecule has 0 aromatic heterocycles. The first-order valence-electron chi connectivity index (χ1n) is 16.3. The van der Waals surface area contributed by atoms with E-state index in [1.165, 1.54) is 68.6 Å². The summed E-state index contributed by atoms with van der Waals surface area (Å²) in [4.78, 5) is 22.2. The molecule has 2 rings (SSSR count). The van der Waals surface area contributed by atoms with Crippen molar-refractivity contribution in [1.29, 1.82) is 0 Å². The second-order valence-electron chi connectivity index (χ2n) is 11.4. The van der Waals surface area contributed by atoms with Crippen LogP contribution in [0.5, 0.6) is 0 Å². The van der Waals surface area contributed by atoms with Gasteiger partial charge >= 0.3 is 0 Å². The van der Waals surface area contributed by atoms with Crippen LogP contribution in [-0.4, -0.2) is 30.6 Å². The quantitative estimate of drug-likeness (QED) is 0.165. The normalized spacial score (nSPS) is 18.9. The van der Waals surface area contributed by atoms with Crippen molar-refractivity contribution in [3.63, 3.8) is 0 Å². The number of benzene rings is 1. The van der Waals surface area contributed by atoms with Gasteiger partial charge in [-0.25, -0.2) is 0 Å². The smallest absolute Gasteiger partial charge is 0.159 e. The average Bonchev–Trinajstić information content (AvgIpc) is 2.96. The Labute approximate surface area is 262 Å². The van der Waals surface area contributed by atoms with E-state index in [9.17, 15) is 4.79 Å². The number of rotatable bonds is 9. The SMILES string of the molecule is C=C1/C=C(C)\C=C/C(C)C(C)/C(C)=C\1.CC=O.CCC.CCCCCCC.CCCN(C)Cc1ccc(C(C)=O)cc1. The van der Waals surface area contributed by atoms with Gasteiger partial charge in [-0.1, -0.05) is 153 Å². The Morgan fingerprint density at radius 3 is 1.83 bits per heavy atom. The molecule has 0 saturated heterocycles. The van der Waals surface area contributed by atoms with E-state index >= 15 is 0 Å². The van der Waals surface area contributed by atoms with Gasteiger partial charge in [-0.3, -0.25) is 4.79 Å². The minimum atomic E-state index is 0.128. The lowest BCUT2D eigenvalue weighted by Gasteiger charge is -2.17. The Balaban J connectivity index is -0.000000519. The predicted octanol–water partition coefficient (Wildman–Crippen LogP) is 11.6. The monoisotopic (exact) mass is 582 g/mol. The van der Waals surface area contributed by atoms with Crippen LogP contribution in [0.2, 0.25) is 0 Å². The van der Waals surface area contributed by atoms with Crippen molar-refractivity contribution in [2.75, 3.05) is 13.6 Å². The first-order chi connectivity index (χ1) is 19.9. The second-order valence-corrected chi connectivity index (χ2v) is 11.4. The lowest BCUT2D eigenvalue weighted by Crippen LogP contribution is -2.18. The van der Waals surface area contributed by atoms with Crippen LogP contribution in [0.15, 0.2) is 71.9 Å². The van der Waals surface area contributed by atoms with E-state index < -0.39 is 0 Å². The molecule has 1 aliphatic rings. The van der Waals surface area contributed by atoms with Crippen LogP contribution >= 0.6 is 0 Å². The van der Waals surface area contributed by atoms with Gasteiger partial charge in [-0.15, -0.1) is 0 Å². The van der Waals surface area contributed by atoms with E-state index in [0.29, 0.717) is 11.8 Å². The van der Waals surface area contributed by atoms with Gasteiger partial charge in [0.05, 0.1) is 0 Å². The summed E-state index contributed by atoms with van der Waals surface area (Å²) in [6.07, 6.45) is 19.0. The number of nitrogens with zero attached hydrogens (tertiary/aromatic N) is 1. The summed E-state index contributed by atoms with van der Waals surface area (Å²) >= 11 is 0. The van der Waals surface area contributed by atoms with Gasteiger partial charge in [0.25, 0.3) is 0 Å². The molecule has 3 nitrogen and oxygen atoms in total. The number of aldehydes is 1. The highest BCUT2D eigenvalue weighted by molar-refractivity contribution is 5.94. The highest BCUT2D eigenvalue weighted by Gasteiger charge is 2.11. The van der Waals surface area contributed by atoms with Gasteiger partial charge in [-0.2, -0.15) is 0 Å². The third-order valence-electron chi connectivity index (χ3n) is 6.62. The largest absolute Gasteiger partial charge is 0.304 e. The Kier molecular flexibility index (Phi) is 31.3. The zero-order valence-electron chi connectivity index (χ0n) is 29.7. The van der Waals surface area contributed by atoms with Crippen LogP contribution in [0.3, 0.4) is 0 Å². The van der Waals surface area contributed by atoms with Gasteiger partial charge in [0.15, 0.2) is 5.78 Å². The summed E-state index contributed by atoms with van der Waals surface area (Å²) in [5.74, 6) is 1.33. The van der Waals surface area contributed by atoms with Gasteiger partial charge in [0, 0.05) is 12.1 Å². The average molecular weight is 582 g/mol. The van der Waals surface area contributed by atoms with E-state index in [1.54, 1.807) is 6.92 Å². The maximum atomic E-state index is 11.1. The highest BCUT2D eigenvalue weighted by Crippen LogP contribution is 2.24. The number of carbonyl (C=O) groups excluding carboxylic acids is 2. The summed E-state index contributed by atoms with van der Waals surface area (Å²) in [7, 11) is 2.11. The molecule has 2 unspecified atom stereocenters. The van der Waals surface area contributed by atoms with E-state index in [4.69, 9.17) is 4.79 Å². The molecule has 0 saturated carbocycles. The topological polar surface area (TPSA) is 37.4 Å². The maximum absolute atomic E-state index is 11.1. The summed E-state index contributed by atoms with van der Waals surface area (Å²) in [5.41, 5.74) is 5.84. The molecule has 3 heteroatoms. The van der Waals surface area contributed by atoms with Crippen LogP contribution in [0.4, 0.5) is 0 Å². The summed E-state index contributed by atoms with van der Waals surface area (Å²) in [5, 5.41) is 0. The third-order valence-corrected chi connectivity index (χ3v) is 6.62. The van der Waals surface area contributed by atoms with Gasteiger partial charge in [-0.05, 0) is 70.7 Å². The molecule has 0 N–H and O–H groups in total. The molecule has 0 fully saturated rings. The molecular formula is C39H67NO2. The molecule has 1 aromatic carbocycles. The minimum absolute atomic E-state index is 0.128. The number of allylic oxidation sites excluding steroid dienone is 7. The molecular weight excluding hydrogens is 514 g/mol. The van der Waals surface area contributed by atoms with E-state index in [-0.39, 0.29) is 5.78 Å². The first-order valence-corrected chi connectivity index (χ1v) is 16.3. The highest BCUT2D eigenvalue weighted by atomic mass is 16.1. The fourth-order valence-corrected chi connectivity index (χ4v) is 3.99. The molecule has 42 heavy (non-hydrogen) atoms. The molecule has 240 valence electrons. The fourth-order valence-electron chi connectivity index (χ4n) is 3.99. The van der Waals surface area contributed by atoms with E-state index in [0.717, 1.165) is 30.5 Å². The summed E-state index contributed by atoms with van der Waals surface area (Å²) < 4.78 is 0. The van der Waals surface area contributed by atoms with Gasteiger partial charge in [0.1, 0.15) is 6.29 Å². The number of ketones is 1. The van der Waals surface area contributed by atoms with Crippen LogP contribution < -0.4 is 0 Å². The van der Waals surface area contributed by atoms with Crippen LogP contribution in [0.1, 0.15) is 137 Å². The predicted molar refractivity (Wildman–Crippen MR) is 189 cm³/mol. The lowest BCUT2D eigenvalue weighted by atomic mass is 9.88. The van der Waals surface area contributed by atoms with Crippen molar-refractivity contribution in [2.45, 2.75) is 128 Å². The van der Waals surface area contributed by atoms with Crippen molar-refractivity contribution in [1.82, 2.24) is 4.90 Å². The van der Waals surface area contributed by atoms with Gasteiger partial charge in [0.2, 0.25) is 0 Å². The van der Waals surface area contributed by atoms with E-state index in [2.05, 4.69) is 105 Å². The van der Waals surface area contributed by atoms with Crippen molar-refractivity contribution in [3.05, 3.63) is 83.0 Å². The molecule has 2 atom stereocenters. The molecule has 1 aliphatic carbocycles. The Hall–Kier alpha value is -2.52. The van der Waals surface area contributed by atoms with Crippen molar-refractivity contribution >= 4 is 12.1 Å². The van der Waals surface area contributed by atoms with Crippen LogP contribution in [0.25, 0.3) is 0 Å². The number of hydrogen-bond donors (Lipinski definition) is 0. The second kappa shape index (κ2) is 30.0. The Morgan fingerprint density at radius 2 is 1.40 bits per heavy atom.